The molecule has 1 aliphatic heterocycles. The molecule has 2 rings (SSSR count). The van der Waals surface area contributed by atoms with Crippen LogP contribution in [0.25, 0.3) is 0 Å². The van der Waals surface area contributed by atoms with Crippen LogP contribution in [0.3, 0.4) is 0 Å². The Labute approximate surface area is 122 Å². The fourth-order valence-electron chi connectivity index (χ4n) is 2.37. The third-order valence-corrected chi connectivity index (χ3v) is 4.18. The van der Waals surface area contributed by atoms with Crippen LogP contribution in [0, 0.1) is 3.57 Å². The molecule has 3 nitrogen and oxygen atoms in total. The number of carbonyl (C=O) groups is 1. The zero-order chi connectivity index (χ0) is 13.1. The predicted octanol–water partition coefficient (Wildman–Crippen LogP) is 2.58. The van der Waals surface area contributed by atoms with Gasteiger partial charge in [-0.15, -0.1) is 0 Å². The van der Waals surface area contributed by atoms with Crippen molar-refractivity contribution in [3.05, 3.63) is 33.4 Å². The maximum absolute atomic E-state index is 12.1. The standard InChI is InChI=1S/C14H18INO2/c1-10-13(7-8-18-10)16(2)9-14(17)11-3-5-12(15)6-4-11/h3-6,10,13H,7-9H2,1-2H3. The molecule has 98 valence electrons. The molecule has 2 atom stereocenters. The minimum atomic E-state index is 0.174. The van der Waals surface area contributed by atoms with Crippen molar-refractivity contribution in [2.45, 2.75) is 25.5 Å². The number of rotatable bonds is 4. The molecule has 0 N–H and O–H groups in total. The first-order valence-electron chi connectivity index (χ1n) is 6.18. The molecular formula is C14H18INO2. The van der Waals surface area contributed by atoms with Crippen molar-refractivity contribution in [3.63, 3.8) is 0 Å². The van der Waals surface area contributed by atoms with Crippen LogP contribution in [0.4, 0.5) is 0 Å². The van der Waals surface area contributed by atoms with Crippen LogP contribution in [0.5, 0.6) is 0 Å². The van der Waals surface area contributed by atoms with Gasteiger partial charge in [-0.1, -0.05) is 12.1 Å². The summed E-state index contributed by atoms with van der Waals surface area (Å²) >= 11 is 2.24. The lowest BCUT2D eigenvalue weighted by Gasteiger charge is -2.25. The summed E-state index contributed by atoms with van der Waals surface area (Å²) in [5, 5.41) is 0. The molecule has 1 saturated heterocycles. The fraction of sp³-hybridized carbons (Fsp3) is 0.500. The van der Waals surface area contributed by atoms with Gasteiger partial charge in [0.1, 0.15) is 0 Å². The second-order valence-corrected chi connectivity index (χ2v) is 6.02. The molecule has 0 amide bonds. The number of likely N-dealkylation sites (N-methyl/N-ethyl adjacent to an activating group) is 1. The van der Waals surface area contributed by atoms with Gasteiger partial charge in [0.05, 0.1) is 12.6 Å². The zero-order valence-corrected chi connectivity index (χ0v) is 12.9. The number of hydrogen-bond acceptors (Lipinski definition) is 3. The highest BCUT2D eigenvalue weighted by molar-refractivity contribution is 14.1. The SMILES string of the molecule is CC1OCCC1N(C)CC(=O)c1ccc(I)cc1. The first-order chi connectivity index (χ1) is 8.58. The number of Topliss-reactive ketones (excluding diaryl/α,β-unsaturated/α-hetero) is 1. The first-order valence-corrected chi connectivity index (χ1v) is 7.26. The molecular weight excluding hydrogens is 341 g/mol. The van der Waals surface area contributed by atoms with E-state index in [-0.39, 0.29) is 11.9 Å². The highest BCUT2D eigenvalue weighted by Crippen LogP contribution is 2.18. The molecule has 0 aliphatic carbocycles. The van der Waals surface area contributed by atoms with E-state index in [1.807, 2.05) is 31.3 Å². The van der Waals surface area contributed by atoms with Gasteiger partial charge in [-0.25, -0.2) is 0 Å². The van der Waals surface area contributed by atoms with E-state index in [1.165, 1.54) is 0 Å². The van der Waals surface area contributed by atoms with Crippen molar-refractivity contribution in [3.8, 4) is 0 Å². The first kappa shape index (κ1) is 14.0. The number of carbonyl (C=O) groups excluding carboxylic acids is 1. The molecule has 18 heavy (non-hydrogen) atoms. The summed E-state index contributed by atoms with van der Waals surface area (Å²) in [6.45, 7) is 3.33. The van der Waals surface area contributed by atoms with Gasteiger partial charge in [0.2, 0.25) is 0 Å². The number of benzene rings is 1. The Morgan fingerprint density at radius 2 is 2.11 bits per heavy atom. The number of ether oxygens (including phenoxy) is 1. The minimum absolute atomic E-state index is 0.174. The van der Waals surface area contributed by atoms with Crippen LogP contribution in [-0.4, -0.2) is 43.0 Å². The van der Waals surface area contributed by atoms with Crippen molar-refractivity contribution >= 4 is 28.4 Å². The summed E-state index contributed by atoms with van der Waals surface area (Å²) < 4.78 is 6.68. The quantitative estimate of drug-likeness (QED) is 0.612. The van der Waals surface area contributed by atoms with Crippen molar-refractivity contribution < 1.29 is 9.53 Å². The molecule has 0 radical (unpaired) electrons. The van der Waals surface area contributed by atoms with Gasteiger partial charge < -0.3 is 4.74 Å². The molecule has 0 bridgehead atoms. The molecule has 1 aromatic carbocycles. The Morgan fingerprint density at radius 3 is 2.67 bits per heavy atom. The molecule has 0 spiro atoms. The molecule has 4 heteroatoms. The van der Waals surface area contributed by atoms with Gasteiger partial charge in [-0.2, -0.15) is 0 Å². The lowest BCUT2D eigenvalue weighted by atomic mass is 10.1. The Balaban J connectivity index is 1.96. The Hall–Kier alpha value is -0.460. The molecule has 2 unspecified atom stereocenters. The second kappa shape index (κ2) is 6.12. The van der Waals surface area contributed by atoms with E-state index in [2.05, 4.69) is 34.4 Å². The van der Waals surface area contributed by atoms with Crippen LogP contribution in [0.15, 0.2) is 24.3 Å². The van der Waals surface area contributed by atoms with Crippen LogP contribution in [0.1, 0.15) is 23.7 Å². The van der Waals surface area contributed by atoms with E-state index in [0.717, 1.165) is 22.2 Å². The molecule has 1 heterocycles. The molecule has 1 aromatic rings. The fourth-order valence-corrected chi connectivity index (χ4v) is 2.73. The summed E-state index contributed by atoms with van der Waals surface area (Å²) in [5.41, 5.74) is 0.786. The molecule has 1 aliphatic rings. The highest BCUT2D eigenvalue weighted by Gasteiger charge is 2.28. The predicted molar refractivity (Wildman–Crippen MR) is 79.9 cm³/mol. The maximum Gasteiger partial charge on any atom is 0.176 e. The maximum atomic E-state index is 12.1. The lowest BCUT2D eigenvalue weighted by molar-refractivity contribution is 0.0745. The van der Waals surface area contributed by atoms with Crippen LogP contribution in [0.2, 0.25) is 0 Å². The van der Waals surface area contributed by atoms with Crippen molar-refractivity contribution in [2.75, 3.05) is 20.2 Å². The largest absolute Gasteiger partial charge is 0.377 e. The van der Waals surface area contributed by atoms with E-state index in [1.54, 1.807) is 0 Å². The average molecular weight is 359 g/mol. The van der Waals surface area contributed by atoms with Crippen LogP contribution in [-0.2, 0) is 4.74 Å². The molecule has 0 aromatic heterocycles. The number of nitrogens with zero attached hydrogens (tertiary/aromatic N) is 1. The number of hydrogen-bond donors (Lipinski definition) is 0. The van der Waals surface area contributed by atoms with Gasteiger partial charge >= 0.3 is 0 Å². The Bertz CT molecular complexity index is 418. The van der Waals surface area contributed by atoms with Crippen LogP contribution < -0.4 is 0 Å². The van der Waals surface area contributed by atoms with Crippen molar-refractivity contribution in [1.82, 2.24) is 4.90 Å². The average Bonchev–Trinajstić information content (AvgIpc) is 2.76. The third-order valence-electron chi connectivity index (χ3n) is 3.46. The number of halogens is 1. The van der Waals surface area contributed by atoms with Gasteiger partial charge in [-0.3, -0.25) is 9.69 Å². The van der Waals surface area contributed by atoms with Gasteiger partial charge in [0.25, 0.3) is 0 Å². The van der Waals surface area contributed by atoms with E-state index < -0.39 is 0 Å². The lowest BCUT2D eigenvalue weighted by Crippen LogP contribution is -2.39. The summed E-state index contributed by atoms with van der Waals surface area (Å²) in [6.07, 6.45) is 1.23. The van der Waals surface area contributed by atoms with Gasteiger partial charge in [0.15, 0.2) is 5.78 Å². The Kier molecular flexibility index (Phi) is 4.75. The van der Waals surface area contributed by atoms with Gasteiger partial charge in [0, 0.05) is 21.8 Å². The summed E-state index contributed by atoms with van der Waals surface area (Å²) in [7, 11) is 2.00. The summed E-state index contributed by atoms with van der Waals surface area (Å²) in [4.78, 5) is 14.3. The molecule has 1 fully saturated rings. The third kappa shape index (κ3) is 3.30. The van der Waals surface area contributed by atoms with E-state index in [9.17, 15) is 4.79 Å². The van der Waals surface area contributed by atoms with E-state index in [4.69, 9.17) is 4.74 Å². The summed E-state index contributed by atoms with van der Waals surface area (Å²) in [5.74, 6) is 0.174. The molecule has 0 saturated carbocycles. The van der Waals surface area contributed by atoms with E-state index >= 15 is 0 Å². The van der Waals surface area contributed by atoms with Crippen LogP contribution >= 0.6 is 22.6 Å². The topological polar surface area (TPSA) is 29.5 Å². The van der Waals surface area contributed by atoms with Gasteiger partial charge in [-0.05, 0) is 55.1 Å². The summed E-state index contributed by atoms with van der Waals surface area (Å²) in [6, 6.07) is 8.08. The highest BCUT2D eigenvalue weighted by atomic mass is 127. The van der Waals surface area contributed by atoms with Crippen molar-refractivity contribution in [1.29, 1.82) is 0 Å². The van der Waals surface area contributed by atoms with Crippen molar-refractivity contribution in [2.24, 2.45) is 0 Å². The smallest absolute Gasteiger partial charge is 0.176 e. The monoisotopic (exact) mass is 359 g/mol. The minimum Gasteiger partial charge on any atom is -0.377 e. The normalized spacial score (nSPS) is 23.6. The second-order valence-electron chi connectivity index (χ2n) is 4.78. The Morgan fingerprint density at radius 1 is 1.44 bits per heavy atom. The number of ketones is 1. The zero-order valence-electron chi connectivity index (χ0n) is 10.7. The van der Waals surface area contributed by atoms with E-state index in [0.29, 0.717) is 12.6 Å².